The van der Waals surface area contributed by atoms with Gasteiger partial charge in [0, 0.05) is 6.54 Å². The van der Waals surface area contributed by atoms with E-state index in [4.69, 9.17) is 0 Å². The topological polar surface area (TPSA) is 77.8 Å². The van der Waals surface area contributed by atoms with Crippen molar-refractivity contribution in [3.8, 4) is 0 Å². The maximum Gasteiger partial charge on any atom is 0.326 e. The molecule has 4 atom stereocenters. The number of carboxylic acids is 1. The number of aliphatic carboxylic acids is 1. The van der Waals surface area contributed by atoms with E-state index in [1.807, 2.05) is 0 Å². The number of hydrogen-bond donors (Lipinski definition) is 2. The Morgan fingerprint density at radius 2 is 1.95 bits per heavy atom. The highest BCUT2D eigenvalue weighted by Crippen LogP contribution is 2.50. The average molecular weight is 261 g/mol. The second kappa shape index (κ2) is 4.35. The number of hydrogen-bond acceptors (Lipinski definition) is 3. The summed E-state index contributed by atoms with van der Waals surface area (Å²) in [4.78, 5) is 24.8. The molecule has 5 nitrogen and oxygen atoms in total. The van der Waals surface area contributed by atoms with Crippen LogP contribution < -0.4 is 0 Å². The van der Waals surface area contributed by atoms with Crippen molar-refractivity contribution in [2.75, 3.05) is 6.54 Å². The highest BCUT2D eigenvalue weighted by atomic mass is 16.4. The first kappa shape index (κ1) is 12.2. The van der Waals surface area contributed by atoms with E-state index in [9.17, 15) is 19.8 Å². The molecule has 0 bridgehead atoms. The SMILES string of the molecule is O=C(O)[C@@H]1[C@H]2C[C@H]2CN1C(=O)[C@H](O)c1ccccc1. The predicted molar refractivity (Wildman–Crippen MR) is 66.1 cm³/mol. The van der Waals surface area contributed by atoms with Crippen LogP contribution in [0.2, 0.25) is 0 Å². The Bertz CT molecular complexity index is 515. The number of carboxylic acid groups (broad SMARTS) is 1. The van der Waals surface area contributed by atoms with Crippen LogP contribution in [-0.4, -0.2) is 39.6 Å². The van der Waals surface area contributed by atoms with Crippen LogP contribution in [0.5, 0.6) is 0 Å². The molecule has 1 aliphatic carbocycles. The predicted octanol–water partition coefficient (Wildman–Crippen LogP) is 0.651. The van der Waals surface area contributed by atoms with Gasteiger partial charge in [-0.2, -0.15) is 0 Å². The Balaban J connectivity index is 1.79. The summed E-state index contributed by atoms with van der Waals surface area (Å²) in [7, 11) is 0. The van der Waals surface area contributed by atoms with Gasteiger partial charge in [-0.05, 0) is 23.8 Å². The van der Waals surface area contributed by atoms with Gasteiger partial charge in [0.15, 0.2) is 6.10 Å². The second-order valence-corrected chi connectivity index (χ2v) is 5.25. The monoisotopic (exact) mass is 261 g/mol. The molecule has 2 fully saturated rings. The van der Waals surface area contributed by atoms with Gasteiger partial charge in [0.1, 0.15) is 6.04 Å². The number of nitrogens with zero attached hydrogens (tertiary/aromatic N) is 1. The summed E-state index contributed by atoms with van der Waals surface area (Å²) in [6, 6.07) is 7.83. The summed E-state index contributed by atoms with van der Waals surface area (Å²) in [6.07, 6.45) is -0.400. The molecule has 1 saturated carbocycles. The summed E-state index contributed by atoms with van der Waals surface area (Å²) in [5, 5.41) is 19.3. The third-order valence-electron chi connectivity index (χ3n) is 4.04. The molecule has 1 saturated heterocycles. The zero-order valence-corrected chi connectivity index (χ0v) is 10.3. The fourth-order valence-electron chi connectivity index (χ4n) is 2.94. The van der Waals surface area contributed by atoms with Gasteiger partial charge < -0.3 is 15.1 Å². The van der Waals surface area contributed by atoms with Gasteiger partial charge >= 0.3 is 5.97 Å². The number of fused-ring (bicyclic) bond motifs is 1. The van der Waals surface area contributed by atoms with Gasteiger partial charge in [0.05, 0.1) is 0 Å². The number of aliphatic hydroxyl groups excluding tert-OH is 1. The average Bonchev–Trinajstić information content (AvgIpc) is 3.07. The Labute approximate surface area is 110 Å². The van der Waals surface area contributed by atoms with Crippen LogP contribution in [0, 0.1) is 11.8 Å². The smallest absolute Gasteiger partial charge is 0.326 e. The van der Waals surface area contributed by atoms with Gasteiger partial charge in [-0.25, -0.2) is 4.79 Å². The van der Waals surface area contributed by atoms with Crippen molar-refractivity contribution in [3.05, 3.63) is 35.9 Å². The van der Waals surface area contributed by atoms with Crippen LogP contribution in [0.25, 0.3) is 0 Å². The normalized spacial score (nSPS) is 29.7. The lowest BCUT2D eigenvalue weighted by atomic mass is 10.1. The number of rotatable bonds is 3. The van der Waals surface area contributed by atoms with Gasteiger partial charge in [-0.3, -0.25) is 4.79 Å². The van der Waals surface area contributed by atoms with Crippen LogP contribution in [0.3, 0.4) is 0 Å². The van der Waals surface area contributed by atoms with E-state index in [1.165, 1.54) is 4.90 Å². The molecule has 2 N–H and O–H groups in total. The summed E-state index contributed by atoms with van der Waals surface area (Å²) in [5.74, 6) is -1.11. The fraction of sp³-hybridized carbons (Fsp3) is 0.429. The highest BCUT2D eigenvalue weighted by molar-refractivity contribution is 5.88. The van der Waals surface area contributed by atoms with E-state index < -0.39 is 24.0 Å². The quantitative estimate of drug-likeness (QED) is 0.837. The van der Waals surface area contributed by atoms with Gasteiger partial charge in [0.2, 0.25) is 0 Å². The van der Waals surface area contributed by atoms with Crippen molar-refractivity contribution in [2.45, 2.75) is 18.6 Å². The first-order valence-corrected chi connectivity index (χ1v) is 6.36. The van der Waals surface area contributed by atoms with Crippen LogP contribution >= 0.6 is 0 Å². The Morgan fingerprint density at radius 1 is 1.26 bits per heavy atom. The lowest BCUT2D eigenvalue weighted by Gasteiger charge is -2.26. The van der Waals surface area contributed by atoms with Crippen molar-refractivity contribution in [1.29, 1.82) is 0 Å². The van der Waals surface area contributed by atoms with Crippen molar-refractivity contribution in [1.82, 2.24) is 4.90 Å². The Morgan fingerprint density at radius 3 is 2.58 bits per heavy atom. The Hall–Kier alpha value is -1.88. The van der Waals surface area contributed by atoms with Crippen molar-refractivity contribution in [2.24, 2.45) is 11.8 Å². The number of piperidine rings is 1. The first-order valence-electron chi connectivity index (χ1n) is 6.36. The third-order valence-corrected chi connectivity index (χ3v) is 4.04. The molecule has 0 spiro atoms. The van der Waals surface area contributed by atoms with E-state index >= 15 is 0 Å². The van der Waals surface area contributed by atoms with Crippen molar-refractivity contribution in [3.63, 3.8) is 0 Å². The summed E-state index contributed by atoms with van der Waals surface area (Å²) in [6.45, 7) is 0.449. The van der Waals surface area contributed by atoms with Crippen molar-refractivity contribution >= 4 is 11.9 Å². The van der Waals surface area contributed by atoms with E-state index in [0.717, 1.165) is 6.42 Å². The van der Waals surface area contributed by atoms with Crippen LogP contribution in [0.1, 0.15) is 18.1 Å². The molecule has 5 heteroatoms. The molecular formula is C14H15NO4. The maximum atomic E-state index is 12.2. The first-order chi connectivity index (χ1) is 9.09. The molecule has 1 aromatic carbocycles. The zero-order valence-electron chi connectivity index (χ0n) is 10.3. The molecule has 0 unspecified atom stereocenters. The second-order valence-electron chi connectivity index (χ2n) is 5.25. The molecule has 0 aromatic heterocycles. The number of carbonyl (C=O) groups excluding carboxylic acids is 1. The molecular weight excluding hydrogens is 246 g/mol. The summed E-state index contributed by atoms with van der Waals surface area (Å²) in [5.41, 5.74) is 0.497. The van der Waals surface area contributed by atoms with Crippen LogP contribution in [-0.2, 0) is 9.59 Å². The van der Waals surface area contributed by atoms with E-state index in [1.54, 1.807) is 30.3 Å². The van der Waals surface area contributed by atoms with Gasteiger partial charge in [-0.1, -0.05) is 30.3 Å². The molecule has 1 amide bonds. The number of carbonyl (C=O) groups is 2. The van der Waals surface area contributed by atoms with Crippen LogP contribution in [0.4, 0.5) is 0 Å². The molecule has 1 aromatic rings. The largest absolute Gasteiger partial charge is 0.480 e. The highest BCUT2D eigenvalue weighted by Gasteiger charge is 2.57. The van der Waals surface area contributed by atoms with E-state index in [2.05, 4.69) is 0 Å². The minimum atomic E-state index is -1.28. The van der Waals surface area contributed by atoms with E-state index in [0.29, 0.717) is 18.0 Å². The zero-order chi connectivity index (χ0) is 13.6. The number of benzene rings is 1. The van der Waals surface area contributed by atoms with Crippen LogP contribution in [0.15, 0.2) is 30.3 Å². The molecule has 1 heterocycles. The molecule has 2 aliphatic rings. The van der Waals surface area contributed by atoms with Gasteiger partial charge in [0.25, 0.3) is 5.91 Å². The molecule has 100 valence electrons. The fourth-order valence-corrected chi connectivity index (χ4v) is 2.94. The number of amides is 1. The lowest BCUT2D eigenvalue weighted by molar-refractivity contribution is -0.153. The van der Waals surface area contributed by atoms with Gasteiger partial charge in [-0.15, -0.1) is 0 Å². The molecule has 0 radical (unpaired) electrons. The number of likely N-dealkylation sites (tertiary alicyclic amines) is 1. The third kappa shape index (κ3) is 2.00. The lowest BCUT2D eigenvalue weighted by Crippen LogP contribution is -2.45. The Kier molecular flexibility index (Phi) is 2.78. The maximum absolute atomic E-state index is 12.2. The minimum Gasteiger partial charge on any atom is -0.480 e. The molecule has 3 rings (SSSR count). The minimum absolute atomic E-state index is 0.0735. The standard InChI is InChI=1S/C14H15NO4/c16-12(8-4-2-1-3-5-8)13(17)15-7-9-6-10(9)11(15)14(18)19/h1-5,9-12,16H,6-7H2,(H,18,19)/t9-,10-,11-,12+/m0/s1. The summed E-state index contributed by atoms with van der Waals surface area (Å²) < 4.78 is 0. The summed E-state index contributed by atoms with van der Waals surface area (Å²) >= 11 is 0. The number of aliphatic hydroxyl groups is 1. The van der Waals surface area contributed by atoms with E-state index in [-0.39, 0.29) is 5.92 Å². The molecule has 1 aliphatic heterocycles. The van der Waals surface area contributed by atoms with Crippen molar-refractivity contribution < 1.29 is 19.8 Å². The molecule has 19 heavy (non-hydrogen) atoms.